The normalized spacial score (nSPS) is 12.2. The van der Waals surface area contributed by atoms with Crippen LogP contribution in [0.3, 0.4) is 0 Å². The largest absolute Gasteiger partial charge is 0.340 e. The number of rotatable bonds is 6. The van der Waals surface area contributed by atoms with E-state index >= 15 is 0 Å². The fourth-order valence-electron chi connectivity index (χ4n) is 1.85. The van der Waals surface area contributed by atoms with Crippen LogP contribution in [0, 0.1) is 13.8 Å². The molecular formula is C13H21Cl2N2O2S+. The van der Waals surface area contributed by atoms with Crippen molar-refractivity contribution in [3.63, 3.8) is 0 Å². The van der Waals surface area contributed by atoms with Crippen molar-refractivity contribution in [2.75, 3.05) is 27.2 Å². The Hall–Kier alpha value is -0.330. The molecule has 0 radical (unpaired) electrons. The molecule has 7 heteroatoms. The summed E-state index contributed by atoms with van der Waals surface area (Å²) >= 11 is 12.2. The quantitative estimate of drug-likeness (QED) is 0.770. The topological polar surface area (TPSA) is 50.6 Å². The van der Waals surface area contributed by atoms with Crippen LogP contribution in [0.25, 0.3) is 0 Å². The first-order valence-electron chi connectivity index (χ1n) is 6.40. The number of hydrogen-bond donors (Lipinski definition) is 2. The minimum Gasteiger partial charge on any atom is -0.340 e. The van der Waals surface area contributed by atoms with Gasteiger partial charge in [0, 0.05) is 18.0 Å². The van der Waals surface area contributed by atoms with Gasteiger partial charge in [0.1, 0.15) is 4.90 Å². The second-order valence-corrected chi connectivity index (χ2v) is 7.64. The van der Waals surface area contributed by atoms with Gasteiger partial charge < -0.3 is 4.90 Å². The molecule has 0 bridgehead atoms. The number of aryl methyl sites for hydroxylation is 1. The molecule has 20 heavy (non-hydrogen) atoms. The Balaban J connectivity index is 2.99. The van der Waals surface area contributed by atoms with Gasteiger partial charge in [-0.15, -0.1) is 0 Å². The molecule has 0 spiro atoms. The monoisotopic (exact) mass is 339 g/mol. The number of sulfonamides is 1. The highest BCUT2D eigenvalue weighted by Gasteiger charge is 2.23. The lowest BCUT2D eigenvalue weighted by Gasteiger charge is -2.14. The zero-order valence-electron chi connectivity index (χ0n) is 12.2. The number of hydrogen-bond acceptors (Lipinski definition) is 2. The highest BCUT2D eigenvalue weighted by Crippen LogP contribution is 2.33. The smallest absolute Gasteiger partial charge is 0.242 e. The molecule has 0 saturated carbocycles. The lowest BCUT2D eigenvalue weighted by Crippen LogP contribution is -3.05. The Labute approximate surface area is 131 Å². The second-order valence-electron chi connectivity index (χ2n) is 5.15. The van der Waals surface area contributed by atoms with Crippen LogP contribution >= 0.6 is 23.2 Å². The first-order valence-corrected chi connectivity index (χ1v) is 8.64. The van der Waals surface area contributed by atoms with Crippen LogP contribution in [0.1, 0.15) is 17.5 Å². The first kappa shape index (κ1) is 17.7. The van der Waals surface area contributed by atoms with Crippen molar-refractivity contribution in [1.29, 1.82) is 0 Å². The predicted octanol–water partition coefficient (Wildman–Crippen LogP) is 1.42. The van der Waals surface area contributed by atoms with Crippen LogP contribution in [0.4, 0.5) is 0 Å². The summed E-state index contributed by atoms with van der Waals surface area (Å²) in [6, 6.07) is 1.67. The van der Waals surface area contributed by atoms with Gasteiger partial charge in [-0.25, -0.2) is 13.1 Å². The van der Waals surface area contributed by atoms with Crippen LogP contribution in [0.5, 0.6) is 0 Å². The third-order valence-electron chi connectivity index (χ3n) is 3.00. The fourth-order valence-corrected chi connectivity index (χ4v) is 4.14. The van der Waals surface area contributed by atoms with E-state index in [-0.39, 0.29) is 9.92 Å². The van der Waals surface area contributed by atoms with Gasteiger partial charge in [-0.05, 0) is 31.0 Å². The predicted molar refractivity (Wildman–Crippen MR) is 83.4 cm³/mol. The van der Waals surface area contributed by atoms with Crippen molar-refractivity contribution in [2.24, 2.45) is 0 Å². The van der Waals surface area contributed by atoms with Crippen LogP contribution in [-0.4, -0.2) is 35.6 Å². The molecule has 1 rings (SSSR count). The highest BCUT2D eigenvalue weighted by atomic mass is 35.5. The third-order valence-corrected chi connectivity index (χ3v) is 5.63. The molecule has 0 saturated heterocycles. The van der Waals surface area contributed by atoms with Crippen molar-refractivity contribution in [3.05, 3.63) is 27.2 Å². The number of benzene rings is 1. The summed E-state index contributed by atoms with van der Waals surface area (Å²) < 4.78 is 27.3. The molecule has 0 atom stereocenters. The molecule has 0 aromatic heterocycles. The van der Waals surface area contributed by atoms with Gasteiger partial charge in [-0.2, -0.15) is 0 Å². The van der Waals surface area contributed by atoms with E-state index in [1.807, 2.05) is 14.1 Å². The SMILES string of the molecule is Cc1cc(Cl)c(C)c(S(=O)(=O)NCCC[NH+](C)C)c1Cl. The van der Waals surface area contributed by atoms with Gasteiger partial charge in [0.25, 0.3) is 0 Å². The number of nitrogens with one attached hydrogen (secondary N) is 2. The van der Waals surface area contributed by atoms with E-state index in [4.69, 9.17) is 23.2 Å². The van der Waals surface area contributed by atoms with Crippen molar-refractivity contribution < 1.29 is 13.3 Å². The van der Waals surface area contributed by atoms with Gasteiger partial charge in [0.2, 0.25) is 10.0 Å². The molecule has 0 aliphatic carbocycles. The summed E-state index contributed by atoms with van der Waals surface area (Å²) in [7, 11) is 0.407. The molecule has 1 aromatic carbocycles. The molecule has 0 aliphatic heterocycles. The fraction of sp³-hybridized carbons (Fsp3) is 0.538. The summed E-state index contributed by atoms with van der Waals surface area (Å²) in [4.78, 5) is 1.36. The van der Waals surface area contributed by atoms with Gasteiger partial charge in [0.05, 0.1) is 25.7 Å². The maximum Gasteiger partial charge on any atom is 0.242 e. The van der Waals surface area contributed by atoms with Gasteiger partial charge in [-0.3, -0.25) is 0 Å². The lowest BCUT2D eigenvalue weighted by atomic mass is 10.2. The molecule has 4 nitrogen and oxygen atoms in total. The number of halogens is 2. The second kappa shape index (κ2) is 7.09. The molecule has 0 fully saturated rings. The van der Waals surface area contributed by atoms with E-state index in [1.54, 1.807) is 19.9 Å². The minimum absolute atomic E-state index is 0.0846. The molecule has 2 N–H and O–H groups in total. The van der Waals surface area contributed by atoms with Crippen molar-refractivity contribution >= 4 is 33.2 Å². The first-order chi connectivity index (χ1) is 9.16. The molecule has 0 amide bonds. The summed E-state index contributed by atoms with van der Waals surface area (Å²) in [6.45, 7) is 4.67. The van der Waals surface area contributed by atoms with Crippen LogP contribution < -0.4 is 9.62 Å². The Morgan fingerprint density at radius 1 is 1.25 bits per heavy atom. The standard InChI is InChI=1S/C13H20Cl2N2O2S/c1-9-8-11(14)10(2)13(12(9)15)20(18,19)16-6-5-7-17(3)4/h8,16H,5-7H2,1-4H3/p+1. The molecule has 1 aromatic rings. The number of quaternary nitrogens is 1. The maximum atomic E-state index is 12.4. The van der Waals surface area contributed by atoms with Gasteiger partial charge in [0.15, 0.2) is 0 Å². The zero-order valence-corrected chi connectivity index (χ0v) is 14.5. The minimum atomic E-state index is -3.64. The van der Waals surface area contributed by atoms with Crippen LogP contribution in [-0.2, 0) is 10.0 Å². The van der Waals surface area contributed by atoms with E-state index in [1.165, 1.54) is 4.90 Å². The van der Waals surface area contributed by atoms with E-state index in [0.29, 0.717) is 22.7 Å². The van der Waals surface area contributed by atoms with Crippen molar-refractivity contribution in [1.82, 2.24) is 4.72 Å². The van der Waals surface area contributed by atoms with Crippen molar-refractivity contribution in [3.8, 4) is 0 Å². The molecular weight excluding hydrogens is 319 g/mol. The molecule has 0 aliphatic rings. The van der Waals surface area contributed by atoms with Gasteiger partial charge >= 0.3 is 0 Å². The van der Waals surface area contributed by atoms with Crippen LogP contribution in [0.15, 0.2) is 11.0 Å². The highest BCUT2D eigenvalue weighted by molar-refractivity contribution is 7.89. The lowest BCUT2D eigenvalue weighted by molar-refractivity contribution is -0.858. The van der Waals surface area contributed by atoms with E-state index in [0.717, 1.165) is 13.0 Å². The third kappa shape index (κ3) is 4.33. The van der Waals surface area contributed by atoms with Crippen molar-refractivity contribution in [2.45, 2.75) is 25.2 Å². The molecule has 114 valence electrons. The summed E-state index contributed by atoms with van der Waals surface area (Å²) in [6.07, 6.45) is 0.762. The Morgan fingerprint density at radius 3 is 2.40 bits per heavy atom. The van der Waals surface area contributed by atoms with E-state index < -0.39 is 10.0 Å². The Kier molecular flexibility index (Phi) is 6.28. The van der Waals surface area contributed by atoms with E-state index in [9.17, 15) is 8.42 Å². The summed E-state index contributed by atoms with van der Waals surface area (Å²) in [5, 5.41) is 0.641. The average Bonchev–Trinajstić information content (AvgIpc) is 2.32. The maximum absolute atomic E-state index is 12.4. The molecule has 0 heterocycles. The van der Waals surface area contributed by atoms with E-state index in [2.05, 4.69) is 4.72 Å². The van der Waals surface area contributed by atoms with Gasteiger partial charge in [-0.1, -0.05) is 23.2 Å². The average molecular weight is 340 g/mol. The summed E-state index contributed by atoms with van der Waals surface area (Å²) in [5.74, 6) is 0. The summed E-state index contributed by atoms with van der Waals surface area (Å²) in [5.41, 5.74) is 1.13. The molecule has 0 unspecified atom stereocenters. The zero-order chi connectivity index (χ0) is 15.5. The van der Waals surface area contributed by atoms with Crippen LogP contribution in [0.2, 0.25) is 10.0 Å². The Bertz CT molecular complexity index is 560. The Morgan fingerprint density at radius 2 is 1.85 bits per heavy atom.